The Morgan fingerprint density at radius 2 is 2.04 bits per heavy atom. The Morgan fingerprint density at radius 1 is 1.26 bits per heavy atom. The molecule has 6 heteroatoms. The maximum atomic E-state index is 12.3. The molecule has 5 nitrogen and oxygen atoms in total. The highest BCUT2D eigenvalue weighted by atomic mass is 32.1. The molecule has 0 aromatic carbocycles. The second kappa shape index (κ2) is 8.06. The quantitative estimate of drug-likeness (QED) is 0.816. The molecule has 1 aliphatic rings. The Morgan fingerprint density at radius 3 is 2.74 bits per heavy atom. The van der Waals surface area contributed by atoms with Gasteiger partial charge in [-0.1, -0.05) is 18.9 Å². The van der Waals surface area contributed by atoms with Gasteiger partial charge in [-0.2, -0.15) is 0 Å². The number of amides is 1. The van der Waals surface area contributed by atoms with Gasteiger partial charge in [0.2, 0.25) is 11.9 Å². The third-order valence-corrected chi connectivity index (χ3v) is 5.19. The van der Waals surface area contributed by atoms with Crippen molar-refractivity contribution in [1.82, 2.24) is 15.3 Å². The van der Waals surface area contributed by atoms with E-state index in [2.05, 4.69) is 38.1 Å². The second-order valence-corrected chi connectivity index (χ2v) is 6.83. The van der Waals surface area contributed by atoms with Crippen molar-refractivity contribution in [3.05, 3.63) is 40.8 Å². The fraction of sp³-hybridized carbons (Fsp3) is 0.471. The standard InChI is InChI=1S/C17H22N4OS/c22-15(8-11-20-17-18-9-4-10-19-17)21-16(13-5-1-2-6-13)14-7-3-12-23-14/h3-4,7,9-10,12-13,16H,1-2,5-6,8,11H2,(H,21,22)(H,18,19,20)/t16-/m1/s1. The van der Waals surface area contributed by atoms with Gasteiger partial charge in [-0.15, -0.1) is 11.3 Å². The Balaban J connectivity index is 1.51. The van der Waals surface area contributed by atoms with Crippen molar-refractivity contribution in [3.63, 3.8) is 0 Å². The van der Waals surface area contributed by atoms with Crippen LogP contribution in [0.3, 0.4) is 0 Å². The van der Waals surface area contributed by atoms with E-state index in [1.54, 1.807) is 29.8 Å². The van der Waals surface area contributed by atoms with Gasteiger partial charge in [0.15, 0.2) is 0 Å². The first-order valence-corrected chi connectivity index (χ1v) is 9.04. The minimum Gasteiger partial charge on any atom is -0.354 e. The Hall–Kier alpha value is -1.95. The monoisotopic (exact) mass is 330 g/mol. The van der Waals surface area contributed by atoms with E-state index in [0.717, 1.165) is 0 Å². The number of aromatic nitrogens is 2. The van der Waals surface area contributed by atoms with Gasteiger partial charge < -0.3 is 10.6 Å². The van der Waals surface area contributed by atoms with Crippen LogP contribution in [-0.2, 0) is 4.79 Å². The smallest absolute Gasteiger partial charge is 0.222 e. The fourth-order valence-electron chi connectivity index (χ4n) is 3.10. The number of carbonyl (C=O) groups excluding carboxylic acids is 1. The van der Waals surface area contributed by atoms with E-state index in [-0.39, 0.29) is 11.9 Å². The summed E-state index contributed by atoms with van der Waals surface area (Å²) in [6, 6.07) is 6.12. The number of hydrogen-bond acceptors (Lipinski definition) is 5. The van der Waals surface area contributed by atoms with Crippen LogP contribution in [-0.4, -0.2) is 22.4 Å². The average molecular weight is 330 g/mol. The van der Waals surface area contributed by atoms with Crippen LogP contribution in [0.1, 0.15) is 43.0 Å². The number of anilines is 1. The molecular formula is C17H22N4OS. The number of rotatable bonds is 7. The summed E-state index contributed by atoms with van der Waals surface area (Å²) >= 11 is 1.73. The first-order valence-electron chi connectivity index (χ1n) is 8.16. The van der Waals surface area contributed by atoms with Gasteiger partial charge in [0.05, 0.1) is 6.04 Å². The number of thiophene rings is 1. The molecule has 1 fully saturated rings. The molecule has 2 heterocycles. The van der Waals surface area contributed by atoms with Crippen molar-refractivity contribution in [2.45, 2.75) is 38.1 Å². The summed E-state index contributed by atoms with van der Waals surface area (Å²) in [5.41, 5.74) is 0. The lowest BCUT2D eigenvalue weighted by Gasteiger charge is -2.23. The van der Waals surface area contributed by atoms with Gasteiger partial charge in [0.25, 0.3) is 0 Å². The minimum absolute atomic E-state index is 0.0822. The average Bonchev–Trinajstić information content (AvgIpc) is 3.27. The number of carbonyl (C=O) groups is 1. The maximum absolute atomic E-state index is 12.3. The molecule has 1 amide bonds. The van der Waals surface area contributed by atoms with Crippen molar-refractivity contribution in [2.75, 3.05) is 11.9 Å². The van der Waals surface area contributed by atoms with Crippen molar-refractivity contribution in [2.24, 2.45) is 5.92 Å². The molecule has 2 aromatic rings. The highest BCUT2D eigenvalue weighted by molar-refractivity contribution is 7.10. The Kier molecular flexibility index (Phi) is 5.58. The van der Waals surface area contributed by atoms with E-state index in [0.29, 0.717) is 24.8 Å². The van der Waals surface area contributed by atoms with E-state index in [1.807, 2.05) is 0 Å². The molecule has 3 rings (SSSR count). The van der Waals surface area contributed by atoms with E-state index >= 15 is 0 Å². The lowest BCUT2D eigenvalue weighted by Crippen LogP contribution is -2.33. The molecule has 0 spiro atoms. The third kappa shape index (κ3) is 4.51. The summed E-state index contributed by atoms with van der Waals surface area (Å²) < 4.78 is 0. The predicted octanol–water partition coefficient (Wildman–Crippen LogP) is 3.39. The first-order chi connectivity index (χ1) is 11.3. The van der Waals surface area contributed by atoms with Gasteiger partial charge in [-0.3, -0.25) is 4.79 Å². The summed E-state index contributed by atoms with van der Waals surface area (Å²) in [5, 5.41) is 8.39. The number of nitrogens with one attached hydrogen (secondary N) is 2. The zero-order valence-corrected chi connectivity index (χ0v) is 13.9. The molecule has 122 valence electrons. The Labute approximate surface area is 140 Å². The van der Waals surface area contributed by atoms with Crippen molar-refractivity contribution < 1.29 is 4.79 Å². The largest absolute Gasteiger partial charge is 0.354 e. The fourth-order valence-corrected chi connectivity index (χ4v) is 3.97. The molecule has 1 saturated carbocycles. The van der Waals surface area contributed by atoms with Gasteiger partial charge in [0.1, 0.15) is 0 Å². The van der Waals surface area contributed by atoms with Crippen LogP contribution in [0, 0.1) is 5.92 Å². The summed E-state index contributed by atoms with van der Waals surface area (Å²) in [7, 11) is 0. The van der Waals surface area contributed by atoms with E-state index in [1.165, 1.54) is 30.6 Å². The van der Waals surface area contributed by atoms with Crippen LogP contribution < -0.4 is 10.6 Å². The van der Waals surface area contributed by atoms with Crippen LogP contribution >= 0.6 is 11.3 Å². The molecule has 0 bridgehead atoms. The normalized spacial score (nSPS) is 16.2. The highest BCUT2D eigenvalue weighted by Crippen LogP contribution is 2.37. The van der Waals surface area contributed by atoms with Crippen LogP contribution in [0.4, 0.5) is 5.95 Å². The first kappa shape index (κ1) is 15.9. The zero-order chi connectivity index (χ0) is 15.9. The SMILES string of the molecule is O=C(CCNc1ncccn1)N[C@@H](c1cccs1)C1CCCC1. The second-order valence-electron chi connectivity index (χ2n) is 5.85. The van der Waals surface area contributed by atoms with E-state index in [4.69, 9.17) is 0 Å². The molecule has 0 saturated heterocycles. The summed E-state index contributed by atoms with van der Waals surface area (Å²) in [6.45, 7) is 0.539. The van der Waals surface area contributed by atoms with Gasteiger partial charge in [-0.25, -0.2) is 9.97 Å². The van der Waals surface area contributed by atoms with E-state index in [9.17, 15) is 4.79 Å². The van der Waals surface area contributed by atoms with Crippen LogP contribution in [0.15, 0.2) is 36.0 Å². The van der Waals surface area contributed by atoms with Gasteiger partial charge in [0, 0.05) is 30.2 Å². The number of hydrogen-bond donors (Lipinski definition) is 2. The maximum Gasteiger partial charge on any atom is 0.222 e. The molecule has 1 atom stereocenters. The van der Waals surface area contributed by atoms with Crippen LogP contribution in [0.2, 0.25) is 0 Å². The molecule has 23 heavy (non-hydrogen) atoms. The third-order valence-electron chi connectivity index (χ3n) is 4.24. The summed E-state index contributed by atoms with van der Waals surface area (Å²) in [6.07, 6.45) is 8.75. The Bertz CT molecular complexity index is 596. The summed E-state index contributed by atoms with van der Waals surface area (Å²) in [4.78, 5) is 21.8. The zero-order valence-electron chi connectivity index (χ0n) is 13.1. The topological polar surface area (TPSA) is 66.9 Å². The lowest BCUT2D eigenvalue weighted by atomic mass is 9.96. The van der Waals surface area contributed by atoms with Crippen molar-refractivity contribution >= 4 is 23.2 Å². The molecule has 0 radical (unpaired) electrons. The van der Waals surface area contributed by atoms with Crippen LogP contribution in [0.5, 0.6) is 0 Å². The van der Waals surface area contributed by atoms with Crippen molar-refractivity contribution in [3.8, 4) is 0 Å². The van der Waals surface area contributed by atoms with Gasteiger partial charge in [-0.05, 0) is 36.3 Å². The lowest BCUT2D eigenvalue weighted by molar-refractivity contribution is -0.121. The molecular weight excluding hydrogens is 308 g/mol. The highest BCUT2D eigenvalue weighted by Gasteiger charge is 2.28. The molecule has 2 N–H and O–H groups in total. The molecule has 2 aromatic heterocycles. The molecule has 0 aliphatic heterocycles. The number of nitrogens with zero attached hydrogens (tertiary/aromatic N) is 2. The predicted molar refractivity (Wildman–Crippen MR) is 92.3 cm³/mol. The van der Waals surface area contributed by atoms with Gasteiger partial charge >= 0.3 is 0 Å². The minimum atomic E-state index is 0.0822. The summed E-state index contributed by atoms with van der Waals surface area (Å²) in [5.74, 6) is 1.22. The van der Waals surface area contributed by atoms with Crippen molar-refractivity contribution in [1.29, 1.82) is 0 Å². The molecule has 0 unspecified atom stereocenters. The van der Waals surface area contributed by atoms with Crippen LogP contribution in [0.25, 0.3) is 0 Å². The molecule has 1 aliphatic carbocycles. The van der Waals surface area contributed by atoms with E-state index < -0.39 is 0 Å².